The Morgan fingerprint density at radius 2 is 1.49 bits per heavy atom. The maximum absolute atomic E-state index is 14.9. The number of hydrogen-bond donors (Lipinski definition) is 1. The molecule has 0 radical (unpaired) electrons. The van der Waals surface area contributed by atoms with Gasteiger partial charge in [0.1, 0.15) is 11.6 Å². The molecule has 0 aromatic heterocycles. The second kappa shape index (κ2) is 11.8. The van der Waals surface area contributed by atoms with Crippen LogP contribution < -0.4 is 5.32 Å². The lowest BCUT2D eigenvalue weighted by Crippen LogP contribution is -2.39. The quantitative estimate of drug-likeness (QED) is 0.236. The second-order valence-corrected chi connectivity index (χ2v) is 11.7. The van der Waals surface area contributed by atoms with Crippen molar-refractivity contribution in [2.75, 3.05) is 11.5 Å². The first kappa shape index (κ1) is 31.3. The van der Waals surface area contributed by atoms with Gasteiger partial charge in [0, 0.05) is 24.1 Å². The molecule has 1 unspecified atom stereocenters. The highest BCUT2D eigenvalue weighted by Gasteiger charge is 2.36. The van der Waals surface area contributed by atoms with E-state index in [9.17, 15) is 39.6 Å². The van der Waals surface area contributed by atoms with Crippen LogP contribution in [0.4, 0.5) is 26.3 Å². The van der Waals surface area contributed by atoms with E-state index in [1.54, 1.807) is 0 Å². The average molecular weight is 611 g/mol. The van der Waals surface area contributed by atoms with Crippen LogP contribution in [0, 0.1) is 0 Å². The molecule has 0 bridgehead atoms. The van der Waals surface area contributed by atoms with Gasteiger partial charge in [-0.3, -0.25) is 4.79 Å². The minimum Gasteiger partial charge on any atom is -0.349 e. The number of nitrogens with one attached hydrogen (secondary N) is 1. The van der Waals surface area contributed by atoms with Crippen molar-refractivity contribution in [3.05, 3.63) is 74.2 Å². The van der Waals surface area contributed by atoms with Gasteiger partial charge in [-0.2, -0.15) is 13.2 Å². The lowest BCUT2D eigenvalue weighted by Gasteiger charge is -2.22. The summed E-state index contributed by atoms with van der Waals surface area (Å²) in [5.74, 6) is -10.0. The van der Waals surface area contributed by atoms with Crippen molar-refractivity contribution in [1.82, 2.24) is 5.32 Å². The Hall–Kier alpha value is -1.95. The van der Waals surface area contributed by atoms with Crippen molar-refractivity contribution >= 4 is 56.4 Å². The normalized spacial score (nSPS) is 14.8. The molecule has 2 rings (SSSR count). The predicted molar refractivity (Wildman–Crippen MR) is 132 cm³/mol. The number of halogens is 9. The molecule has 1 amide bonds. The van der Waals surface area contributed by atoms with Crippen molar-refractivity contribution < 1.29 is 39.6 Å². The number of carbonyl (C=O) groups excluding carboxylic acids is 1. The molecule has 0 fully saturated rings. The largest absolute Gasteiger partial charge is 0.402 e. The molecular weight excluding hydrogens is 591 g/mol. The first-order valence-corrected chi connectivity index (χ1v) is 13.3. The summed E-state index contributed by atoms with van der Waals surface area (Å²) in [6.45, 7) is 1.80. The van der Waals surface area contributed by atoms with Gasteiger partial charge in [0.15, 0.2) is 9.84 Å². The van der Waals surface area contributed by atoms with E-state index in [2.05, 4.69) is 5.32 Å². The van der Waals surface area contributed by atoms with E-state index in [4.69, 9.17) is 34.8 Å². The van der Waals surface area contributed by atoms with Gasteiger partial charge in [-0.1, -0.05) is 46.9 Å². The number of carbonyl (C=O) groups is 1. The van der Waals surface area contributed by atoms with E-state index in [0.717, 1.165) is 36.4 Å². The third kappa shape index (κ3) is 9.38. The van der Waals surface area contributed by atoms with E-state index >= 15 is 0 Å². The summed E-state index contributed by atoms with van der Waals surface area (Å²) >= 11 is 17.7. The highest BCUT2D eigenvalue weighted by atomic mass is 35.5. The second-order valence-electron chi connectivity index (χ2n) is 8.37. The maximum Gasteiger partial charge on any atom is 0.402 e. The molecule has 0 saturated carbocycles. The third-order valence-electron chi connectivity index (χ3n) is 4.91. The topological polar surface area (TPSA) is 63.2 Å². The molecule has 0 saturated heterocycles. The Morgan fingerprint density at radius 1 is 1.00 bits per heavy atom. The molecule has 1 N–H and O–H groups in total. The molecule has 0 spiro atoms. The number of amides is 1. The molecule has 2 aromatic carbocycles. The van der Waals surface area contributed by atoms with Crippen LogP contribution in [0.5, 0.6) is 0 Å². The molecular formula is C23H20Cl3F6NO3S. The lowest BCUT2D eigenvalue weighted by molar-refractivity contribution is -0.106. The minimum absolute atomic E-state index is 0.0455. The molecule has 0 aliphatic rings. The zero-order chi connectivity index (χ0) is 28.3. The summed E-state index contributed by atoms with van der Waals surface area (Å²) in [4.78, 5) is 12.3. The average Bonchev–Trinajstić information content (AvgIpc) is 2.72. The number of alkyl halides is 5. The molecule has 0 aliphatic carbocycles. The molecule has 4 nitrogen and oxygen atoms in total. The van der Waals surface area contributed by atoms with Crippen LogP contribution in [0.2, 0.25) is 15.1 Å². The van der Waals surface area contributed by atoms with E-state index in [1.807, 2.05) is 0 Å². The summed E-state index contributed by atoms with van der Waals surface area (Å²) in [6, 6.07) is 5.67. The van der Waals surface area contributed by atoms with Crippen LogP contribution in [-0.2, 0) is 9.84 Å². The third-order valence-corrected chi connectivity index (χ3v) is 7.88. The molecule has 0 heterocycles. The Bertz CT molecular complexity index is 1250. The van der Waals surface area contributed by atoms with Gasteiger partial charge in [-0.15, -0.1) is 0 Å². The summed E-state index contributed by atoms with van der Waals surface area (Å²) in [5.41, 5.74) is -0.310. The first-order chi connectivity index (χ1) is 16.8. The molecule has 204 valence electrons. The van der Waals surface area contributed by atoms with Crippen LogP contribution in [0.1, 0.15) is 41.3 Å². The van der Waals surface area contributed by atoms with Crippen molar-refractivity contribution in [3.63, 3.8) is 0 Å². The molecule has 2 aromatic rings. The number of benzene rings is 2. The number of hydrogen-bond acceptors (Lipinski definition) is 3. The van der Waals surface area contributed by atoms with Crippen LogP contribution in [-0.4, -0.2) is 44.0 Å². The fourth-order valence-corrected chi connectivity index (χ4v) is 5.43. The Kier molecular flexibility index (Phi) is 10.0. The monoisotopic (exact) mass is 609 g/mol. The first-order valence-electron chi connectivity index (χ1n) is 10.4. The molecule has 0 aliphatic heterocycles. The SMILES string of the molecule is C[C@H](CS(=O)(=O)CC(F)(F)F)NC(=O)c1ccc(/C(F)=C/C(c2cc(Cl)c(Cl)c(Cl)c2)C(C)(F)F)cc1. The van der Waals surface area contributed by atoms with Crippen molar-refractivity contribution in [3.8, 4) is 0 Å². The van der Waals surface area contributed by atoms with Gasteiger partial charge >= 0.3 is 6.18 Å². The fraction of sp³-hybridized carbons (Fsp3) is 0.348. The van der Waals surface area contributed by atoms with Crippen molar-refractivity contribution in [1.29, 1.82) is 0 Å². The number of allylic oxidation sites excluding steroid dienone is 1. The Labute approximate surface area is 224 Å². The van der Waals surface area contributed by atoms with E-state index in [1.165, 1.54) is 6.92 Å². The van der Waals surface area contributed by atoms with Gasteiger partial charge in [0.2, 0.25) is 0 Å². The van der Waals surface area contributed by atoms with Gasteiger partial charge in [0.25, 0.3) is 11.8 Å². The van der Waals surface area contributed by atoms with Gasteiger partial charge < -0.3 is 5.32 Å². The summed E-state index contributed by atoms with van der Waals surface area (Å²) in [7, 11) is -4.52. The maximum atomic E-state index is 14.9. The predicted octanol–water partition coefficient (Wildman–Crippen LogP) is 7.49. The number of sulfone groups is 1. The molecule has 37 heavy (non-hydrogen) atoms. The summed E-state index contributed by atoms with van der Waals surface area (Å²) < 4.78 is 104. The van der Waals surface area contributed by atoms with Crippen LogP contribution in [0.15, 0.2) is 42.5 Å². The highest BCUT2D eigenvalue weighted by Crippen LogP contribution is 2.41. The van der Waals surface area contributed by atoms with Crippen LogP contribution >= 0.6 is 34.8 Å². The standard InChI is InChI=1S/C23H20Cl3F6NO3S/c1-12(10-37(35,36)11-23(30,31)32)33-21(34)14-5-3-13(4-6-14)19(27)9-16(22(2,28)29)15-7-17(24)20(26)18(25)8-15/h3-9,12,16H,10-11H2,1-2H3,(H,33,34)/b19-9-/t12-,16?/m1/s1. The van der Waals surface area contributed by atoms with Crippen LogP contribution in [0.25, 0.3) is 5.83 Å². The lowest BCUT2D eigenvalue weighted by atomic mass is 9.92. The van der Waals surface area contributed by atoms with E-state index in [-0.39, 0.29) is 31.8 Å². The smallest absolute Gasteiger partial charge is 0.349 e. The summed E-state index contributed by atoms with van der Waals surface area (Å²) in [6.07, 6.45) is -4.25. The minimum atomic E-state index is -4.91. The zero-order valence-corrected chi connectivity index (χ0v) is 22.2. The highest BCUT2D eigenvalue weighted by molar-refractivity contribution is 7.91. The molecule has 14 heteroatoms. The Balaban J connectivity index is 2.21. The van der Waals surface area contributed by atoms with Crippen molar-refractivity contribution in [2.45, 2.75) is 37.9 Å². The fourth-order valence-electron chi connectivity index (χ4n) is 3.35. The van der Waals surface area contributed by atoms with Gasteiger partial charge in [0.05, 0.1) is 26.7 Å². The number of rotatable bonds is 9. The van der Waals surface area contributed by atoms with E-state index < -0.39 is 57.1 Å². The van der Waals surface area contributed by atoms with Crippen molar-refractivity contribution in [2.24, 2.45) is 0 Å². The van der Waals surface area contributed by atoms with Gasteiger partial charge in [-0.25, -0.2) is 21.6 Å². The Morgan fingerprint density at radius 3 is 1.95 bits per heavy atom. The van der Waals surface area contributed by atoms with Gasteiger partial charge in [-0.05, 0) is 42.8 Å². The molecule has 2 atom stereocenters. The zero-order valence-electron chi connectivity index (χ0n) is 19.1. The van der Waals surface area contributed by atoms with E-state index in [0.29, 0.717) is 13.0 Å². The van der Waals surface area contributed by atoms with Crippen LogP contribution in [0.3, 0.4) is 0 Å². The summed E-state index contributed by atoms with van der Waals surface area (Å²) in [5, 5.41) is 2.01.